The van der Waals surface area contributed by atoms with E-state index in [1.165, 1.54) is 11.3 Å². The van der Waals surface area contributed by atoms with Gasteiger partial charge in [0, 0.05) is 13.6 Å². The molecule has 1 aromatic carbocycles. The Bertz CT molecular complexity index is 578. The maximum atomic E-state index is 12.2. The molecule has 0 saturated carbocycles. The first kappa shape index (κ1) is 14.4. The molecule has 2 aromatic rings. The summed E-state index contributed by atoms with van der Waals surface area (Å²) >= 11 is 1.37. The van der Waals surface area contributed by atoms with Crippen molar-refractivity contribution >= 4 is 22.9 Å². The van der Waals surface area contributed by atoms with Crippen LogP contribution in [0, 0.1) is 0 Å². The van der Waals surface area contributed by atoms with E-state index in [0.717, 1.165) is 11.3 Å². The minimum Gasteiger partial charge on any atom is -0.494 e. The zero-order valence-corrected chi connectivity index (χ0v) is 12.4. The van der Waals surface area contributed by atoms with Crippen LogP contribution in [-0.2, 0) is 6.54 Å². The number of nitrogen functional groups attached to an aromatic ring is 1. The van der Waals surface area contributed by atoms with Gasteiger partial charge in [-0.15, -0.1) is 11.3 Å². The van der Waals surface area contributed by atoms with Gasteiger partial charge in [-0.25, -0.2) is 0 Å². The number of ether oxygens (including phenoxy) is 1. The fourth-order valence-electron chi connectivity index (χ4n) is 1.87. The first-order chi connectivity index (χ1) is 9.61. The van der Waals surface area contributed by atoms with Crippen LogP contribution in [0.5, 0.6) is 5.75 Å². The van der Waals surface area contributed by atoms with Crippen molar-refractivity contribution < 1.29 is 9.53 Å². The number of hydrogen-bond donors (Lipinski definition) is 1. The maximum Gasteiger partial charge on any atom is 0.266 e. The molecule has 20 heavy (non-hydrogen) atoms. The smallest absolute Gasteiger partial charge is 0.266 e. The topological polar surface area (TPSA) is 55.6 Å². The summed E-state index contributed by atoms with van der Waals surface area (Å²) in [6.45, 7) is 3.14. The summed E-state index contributed by atoms with van der Waals surface area (Å²) in [4.78, 5) is 14.5. The largest absolute Gasteiger partial charge is 0.494 e. The van der Waals surface area contributed by atoms with Crippen molar-refractivity contribution in [1.29, 1.82) is 0 Å². The Kier molecular flexibility index (Phi) is 4.63. The molecule has 0 fully saturated rings. The van der Waals surface area contributed by atoms with Gasteiger partial charge in [-0.2, -0.15) is 0 Å². The fourth-order valence-corrected chi connectivity index (χ4v) is 2.68. The first-order valence-corrected chi connectivity index (χ1v) is 7.30. The van der Waals surface area contributed by atoms with E-state index in [0.29, 0.717) is 23.7 Å². The van der Waals surface area contributed by atoms with Crippen molar-refractivity contribution in [2.45, 2.75) is 13.5 Å². The molecule has 1 aromatic heterocycles. The number of nitrogens with two attached hydrogens (primary N) is 1. The average molecular weight is 290 g/mol. The average Bonchev–Trinajstić information content (AvgIpc) is 2.86. The highest BCUT2D eigenvalue weighted by Crippen LogP contribution is 2.21. The van der Waals surface area contributed by atoms with Crippen molar-refractivity contribution in [3.8, 4) is 5.75 Å². The van der Waals surface area contributed by atoms with Gasteiger partial charge < -0.3 is 15.4 Å². The van der Waals surface area contributed by atoms with Crippen LogP contribution >= 0.6 is 11.3 Å². The van der Waals surface area contributed by atoms with E-state index in [1.54, 1.807) is 18.0 Å². The molecule has 0 aliphatic rings. The number of amides is 1. The zero-order valence-electron chi connectivity index (χ0n) is 11.6. The van der Waals surface area contributed by atoms with Crippen molar-refractivity contribution in [2.24, 2.45) is 0 Å². The van der Waals surface area contributed by atoms with Gasteiger partial charge in [0.15, 0.2) is 0 Å². The molecule has 0 radical (unpaired) electrons. The van der Waals surface area contributed by atoms with E-state index in [-0.39, 0.29) is 5.91 Å². The molecule has 1 heterocycles. The Hall–Kier alpha value is -2.01. The molecule has 106 valence electrons. The van der Waals surface area contributed by atoms with E-state index in [1.807, 2.05) is 36.6 Å². The summed E-state index contributed by atoms with van der Waals surface area (Å²) in [5.74, 6) is 0.791. The van der Waals surface area contributed by atoms with Gasteiger partial charge in [-0.3, -0.25) is 4.79 Å². The molecule has 0 aliphatic heterocycles. The van der Waals surface area contributed by atoms with E-state index < -0.39 is 0 Å². The lowest BCUT2D eigenvalue weighted by Crippen LogP contribution is -2.26. The molecular formula is C15H18N2O2S. The number of thiophene rings is 1. The maximum absolute atomic E-state index is 12.2. The number of carbonyl (C=O) groups is 1. The molecule has 0 spiro atoms. The lowest BCUT2D eigenvalue weighted by atomic mass is 10.2. The molecule has 0 unspecified atom stereocenters. The summed E-state index contributed by atoms with van der Waals surface area (Å²) < 4.78 is 5.39. The molecular weight excluding hydrogens is 272 g/mol. The second-order valence-electron chi connectivity index (χ2n) is 4.44. The Labute approximate surface area is 122 Å². The van der Waals surface area contributed by atoms with Crippen LogP contribution in [0.15, 0.2) is 35.7 Å². The Morgan fingerprint density at radius 3 is 2.55 bits per heavy atom. The van der Waals surface area contributed by atoms with E-state index >= 15 is 0 Å². The van der Waals surface area contributed by atoms with Gasteiger partial charge in [0.05, 0.1) is 12.3 Å². The quantitative estimate of drug-likeness (QED) is 0.921. The third-order valence-corrected chi connectivity index (χ3v) is 3.81. The monoisotopic (exact) mass is 290 g/mol. The van der Waals surface area contributed by atoms with Crippen LogP contribution in [0.3, 0.4) is 0 Å². The van der Waals surface area contributed by atoms with Gasteiger partial charge in [0.2, 0.25) is 0 Å². The van der Waals surface area contributed by atoms with Crippen LogP contribution in [0.2, 0.25) is 0 Å². The molecule has 0 atom stereocenters. The van der Waals surface area contributed by atoms with Gasteiger partial charge in [0.1, 0.15) is 10.6 Å². The molecule has 1 amide bonds. The highest BCUT2D eigenvalue weighted by molar-refractivity contribution is 7.12. The van der Waals surface area contributed by atoms with E-state index in [2.05, 4.69) is 0 Å². The minimum absolute atomic E-state index is 0.0496. The summed E-state index contributed by atoms with van der Waals surface area (Å²) in [5, 5.41) is 1.83. The summed E-state index contributed by atoms with van der Waals surface area (Å²) in [7, 11) is 1.78. The minimum atomic E-state index is -0.0496. The fraction of sp³-hybridized carbons (Fsp3) is 0.267. The van der Waals surface area contributed by atoms with Crippen LogP contribution in [0.1, 0.15) is 22.2 Å². The summed E-state index contributed by atoms with van der Waals surface area (Å²) in [6, 6.07) is 9.51. The van der Waals surface area contributed by atoms with Gasteiger partial charge in [-0.05, 0) is 36.1 Å². The van der Waals surface area contributed by atoms with Gasteiger partial charge >= 0.3 is 0 Å². The van der Waals surface area contributed by atoms with Crippen molar-refractivity contribution in [3.05, 3.63) is 46.2 Å². The highest BCUT2D eigenvalue weighted by atomic mass is 32.1. The first-order valence-electron chi connectivity index (χ1n) is 6.42. The summed E-state index contributed by atoms with van der Waals surface area (Å²) in [6.07, 6.45) is 0. The molecule has 2 N–H and O–H groups in total. The normalized spacial score (nSPS) is 10.3. The van der Waals surface area contributed by atoms with Crippen LogP contribution in [-0.4, -0.2) is 24.5 Å². The number of nitrogens with zero attached hydrogens (tertiary/aromatic N) is 1. The standard InChI is InChI=1S/C15H18N2O2S/c1-3-19-12-6-4-11(5-7-12)10-17(2)15(18)14-13(16)8-9-20-14/h4-9H,3,10,16H2,1-2H3. The molecule has 0 bridgehead atoms. The number of anilines is 1. The van der Waals surface area contributed by atoms with Gasteiger partial charge in [-0.1, -0.05) is 12.1 Å². The molecule has 4 nitrogen and oxygen atoms in total. The number of hydrogen-bond acceptors (Lipinski definition) is 4. The number of benzene rings is 1. The van der Waals surface area contributed by atoms with Gasteiger partial charge in [0.25, 0.3) is 5.91 Å². The van der Waals surface area contributed by atoms with Crippen molar-refractivity contribution in [2.75, 3.05) is 19.4 Å². The molecule has 2 rings (SSSR count). The van der Waals surface area contributed by atoms with E-state index in [9.17, 15) is 4.79 Å². The zero-order chi connectivity index (χ0) is 14.5. The Morgan fingerprint density at radius 1 is 1.30 bits per heavy atom. The van der Waals surface area contributed by atoms with Crippen LogP contribution in [0.25, 0.3) is 0 Å². The van der Waals surface area contributed by atoms with Crippen LogP contribution in [0.4, 0.5) is 5.69 Å². The van der Waals surface area contributed by atoms with Crippen molar-refractivity contribution in [3.63, 3.8) is 0 Å². The third-order valence-electron chi connectivity index (χ3n) is 2.89. The molecule has 5 heteroatoms. The number of rotatable bonds is 5. The lowest BCUT2D eigenvalue weighted by Gasteiger charge is -2.17. The second-order valence-corrected chi connectivity index (χ2v) is 5.36. The molecule has 0 aliphatic carbocycles. The lowest BCUT2D eigenvalue weighted by molar-refractivity contribution is 0.0791. The highest BCUT2D eigenvalue weighted by Gasteiger charge is 2.16. The predicted molar refractivity (Wildman–Crippen MR) is 82.1 cm³/mol. The Balaban J connectivity index is 2.02. The SMILES string of the molecule is CCOc1ccc(CN(C)C(=O)c2sccc2N)cc1. The van der Waals surface area contributed by atoms with E-state index in [4.69, 9.17) is 10.5 Å². The summed E-state index contributed by atoms with van der Waals surface area (Å²) in [5.41, 5.74) is 7.37. The third kappa shape index (κ3) is 3.30. The molecule has 0 saturated heterocycles. The number of carbonyl (C=O) groups excluding carboxylic acids is 1. The predicted octanol–water partition coefficient (Wildman–Crippen LogP) is 3.00. The van der Waals surface area contributed by atoms with Crippen molar-refractivity contribution in [1.82, 2.24) is 4.90 Å². The van der Waals surface area contributed by atoms with Crippen LogP contribution < -0.4 is 10.5 Å². The second kappa shape index (κ2) is 6.43. The Morgan fingerprint density at radius 2 is 2.00 bits per heavy atom.